The van der Waals surface area contributed by atoms with Crippen LogP contribution in [-0.2, 0) is 12.8 Å². The van der Waals surface area contributed by atoms with E-state index in [1.165, 1.54) is 11.1 Å². The van der Waals surface area contributed by atoms with Gasteiger partial charge in [-0.15, -0.1) is 0 Å². The van der Waals surface area contributed by atoms with Gasteiger partial charge in [-0.25, -0.2) is 0 Å². The summed E-state index contributed by atoms with van der Waals surface area (Å²) in [6.45, 7) is 7.22. The second kappa shape index (κ2) is 6.91. The Morgan fingerprint density at radius 3 is 2.11 bits per heavy atom. The molecule has 0 spiro atoms. The van der Waals surface area contributed by atoms with Crippen molar-refractivity contribution in [1.82, 2.24) is 0 Å². The van der Waals surface area contributed by atoms with Gasteiger partial charge in [0.05, 0.1) is 6.61 Å². The molecular weight excluding hydrogens is 222 g/mol. The van der Waals surface area contributed by atoms with Crippen molar-refractivity contribution >= 4 is 0 Å². The highest BCUT2D eigenvalue weighted by molar-refractivity contribution is 5.23. The Morgan fingerprint density at radius 1 is 1.17 bits per heavy atom. The SMILES string of the molecule is CCc1ccc(CC(CN)(CO)CC(C)C)cc1. The first kappa shape index (κ1) is 15.2. The number of aliphatic hydroxyl groups excluding tert-OH is 1. The second-order valence-electron chi connectivity index (χ2n) is 5.81. The van der Waals surface area contributed by atoms with Gasteiger partial charge in [-0.1, -0.05) is 45.0 Å². The fraction of sp³-hybridized carbons (Fsp3) is 0.625. The van der Waals surface area contributed by atoms with Crippen molar-refractivity contribution < 1.29 is 5.11 Å². The molecule has 2 nitrogen and oxygen atoms in total. The zero-order valence-electron chi connectivity index (χ0n) is 11.9. The predicted octanol–water partition coefficient (Wildman–Crippen LogP) is 2.78. The van der Waals surface area contributed by atoms with E-state index in [0.717, 1.165) is 19.3 Å². The Labute approximate surface area is 111 Å². The van der Waals surface area contributed by atoms with E-state index >= 15 is 0 Å². The first-order chi connectivity index (χ1) is 8.55. The predicted molar refractivity (Wildman–Crippen MR) is 77.6 cm³/mol. The maximum atomic E-state index is 9.71. The molecule has 0 heterocycles. The fourth-order valence-corrected chi connectivity index (χ4v) is 2.60. The maximum Gasteiger partial charge on any atom is 0.0502 e. The lowest BCUT2D eigenvalue weighted by Crippen LogP contribution is -2.37. The Kier molecular flexibility index (Phi) is 5.83. The topological polar surface area (TPSA) is 46.2 Å². The fourth-order valence-electron chi connectivity index (χ4n) is 2.60. The number of hydrogen-bond acceptors (Lipinski definition) is 2. The normalized spacial score (nSPS) is 14.8. The molecule has 1 aromatic rings. The highest BCUT2D eigenvalue weighted by atomic mass is 16.3. The van der Waals surface area contributed by atoms with Crippen molar-refractivity contribution in [3.8, 4) is 0 Å². The number of aryl methyl sites for hydroxylation is 1. The largest absolute Gasteiger partial charge is 0.396 e. The number of rotatable bonds is 7. The van der Waals surface area contributed by atoms with Crippen molar-refractivity contribution in [2.24, 2.45) is 17.1 Å². The first-order valence-electron chi connectivity index (χ1n) is 6.94. The molecule has 3 N–H and O–H groups in total. The molecule has 18 heavy (non-hydrogen) atoms. The summed E-state index contributed by atoms with van der Waals surface area (Å²) in [5.41, 5.74) is 8.37. The van der Waals surface area contributed by atoms with Gasteiger partial charge >= 0.3 is 0 Å². The van der Waals surface area contributed by atoms with E-state index in [9.17, 15) is 5.11 Å². The molecule has 0 aliphatic rings. The maximum absolute atomic E-state index is 9.71. The molecule has 0 amide bonds. The van der Waals surface area contributed by atoms with Gasteiger partial charge in [0.15, 0.2) is 0 Å². The molecule has 0 saturated heterocycles. The lowest BCUT2D eigenvalue weighted by molar-refractivity contribution is 0.108. The molecule has 0 saturated carbocycles. The summed E-state index contributed by atoms with van der Waals surface area (Å²) in [5, 5.41) is 9.71. The van der Waals surface area contributed by atoms with E-state index in [2.05, 4.69) is 45.0 Å². The van der Waals surface area contributed by atoms with E-state index < -0.39 is 0 Å². The molecule has 102 valence electrons. The summed E-state index contributed by atoms with van der Waals surface area (Å²) in [7, 11) is 0. The standard InChI is InChI=1S/C16H27NO/c1-4-14-5-7-15(8-6-14)10-16(11-17,12-18)9-13(2)3/h5-8,13,18H,4,9-12,17H2,1-3H3. The van der Waals surface area contributed by atoms with Crippen molar-refractivity contribution in [1.29, 1.82) is 0 Å². The minimum atomic E-state index is -0.165. The zero-order valence-corrected chi connectivity index (χ0v) is 11.9. The third kappa shape index (κ3) is 4.11. The Hall–Kier alpha value is -0.860. The summed E-state index contributed by atoms with van der Waals surface area (Å²) in [5.74, 6) is 0.551. The summed E-state index contributed by atoms with van der Waals surface area (Å²) in [6, 6.07) is 8.67. The first-order valence-corrected chi connectivity index (χ1v) is 6.94. The van der Waals surface area contributed by atoms with Gasteiger partial charge in [0.2, 0.25) is 0 Å². The smallest absolute Gasteiger partial charge is 0.0502 e. The molecule has 0 aliphatic carbocycles. The van der Waals surface area contributed by atoms with Crippen LogP contribution in [0.3, 0.4) is 0 Å². The quantitative estimate of drug-likeness (QED) is 0.780. The van der Waals surface area contributed by atoms with Crippen LogP contribution in [0.2, 0.25) is 0 Å². The van der Waals surface area contributed by atoms with E-state index in [1.54, 1.807) is 0 Å². The van der Waals surface area contributed by atoms with Crippen LogP contribution < -0.4 is 5.73 Å². The average molecular weight is 249 g/mol. The van der Waals surface area contributed by atoms with Crippen molar-refractivity contribution in [2.75, 3.05) is 13.2 Å². The molecule has 0 aromatic heterocycles. The second-order valence-corrected chi connectivity index (χ2v) is 5.81. The van der Waals surface area contributed by atoms with Crippen LogP contribution in [0.5, 0.6) is 0 Å². The molecule has 0 radical (unpaired) electrons. The number of aliphatic hydroxyl groups is 1. The third-order valence-electron chi connectivity index (χ3n) is 3.62. The Balaban J connectivity index is 2.81. The average Bonchev–Trinajstić information content (AvgIpc) is 2.38. The molecule has 0 bridgehead atoms. The van der Waals surface area contributed by atoms with Gasteiger partial charge in [-0.05, 0) is 36.3 Å². The highest BCUT2D eigenvalue weighted by Crippen LogP contribution is 2.29. The van der Waals surface area contributed by atoms with Gasteiger partial charge < -0.3 is 10.8 Å². The van der Waals surface area contributed by atoms with Crippen LogP contribution in [-0.4, -0.2) is 18.3 Å². The third-order valence-corrected chi connectivity index (χ3v) is 3.62. The molecule has 1 rings (SSSR count). The summed E-state index contributed by atoms with van der Waals surface area (Å²) in [6.07, 6.45) is 2.89. The van der Waals surface area contributed by atoms with E-state index in [4.69, 9.17) is 5.73 Å². The minimum absolute atomic E-state index is 0.164. The van der Waals surface area contributed by atoms with Gasteiger partial charge in [-0.3, -0.25) is 0 Å². The molecule has 1 unspecified atom stereocenters. The monoisotopic (exact) mass is 249 g/mol. The zero-order chi connectivity index (χ0) is 13.6. The summed E-state index contributed by atoms with van der Waals surface area (Å²) >= 11 is 0. The van der Waals surface area contributed by atoms with E-state index in [1.807, 2.05) is 0 Å². The molecule has 1 aromatic carbocycles. The van der Waals surface area contributed by atoms with E-state index in [0.29, 0.717) is 12.5 Å². The van der Waals surface area contributed by atoms with Crippen molar-refractivity contribution in [3.05, 3.63) is 35.4 Å². The highest BCUT2D eigenvalue weighted by Gasteiger charge is 2.29. The van der Waals surface area contributed by atoms with Crippen LogP contribution in [0.4, 0.5) is 0 Å². The number of benzene rings is 1. The van der Waals surface area contributed by atoms with Crippen LogP contribution in [0, 0.1) is 11.3 Å². The van der Waals surface area contributed by atoms with Crippen molar-refractivity contribution in [2.45, 2.75) is 40.0 Å². The van der Waals surface area contributed by atoms with Crippen molar-refractivity contribution in [3.63, 3.8) is 0 Å². The van der Waals surface area contributed by atoms with Gasteiger partial charge in [-0.2, -0.15) is 0 Å². The Bertz CT molecular complexity index is 339. The van der Waals surface area contributed by atoms with Gasteiger partial charge in [0, 0.05) is 12.0 Å². The number of hydrogen-bond donors (Lipinski definition) is 2. The van der Waals surface area contributed by atoms with Gasteiger partial charge in [0.1, 0.15) is 0 Å². The van der Waals surface area contributed by atoms with Crippen LogP contribution >= 0.6 is 0 Å². The molecule has 1 atom stereocenters. The summed E-state index contributed by atoms with van der Waals surface area (Å²) in [4.78, 5) is 0. The van der Waals surface area contributed by atoms with Gasteiger partial charge in [0.25, 0.3) is 0 Å². The van der Waals surface area contributed by atoms with E-state index in [-0.39, 0.29) is 12.0 Å². The van der Waals surface area contributed by atoms with Crippen LogP contribution in [0.15, 0.2) is 24.3 Å². The number of nitrogens with two attached hydrogens (primary N) is 1. The van der Waals surface area contributed by atoms with Crippen LogP contribution in [0.1, 0.15) is 38.3 Å². The molecule has 0 fully saturated rings. The summed E-state index contributed by atoms with van der Waals surface area (Å²) < 4.78 is 0. The minimum Gasteiger partial charge on any atom is -0.396 e. The lowest BCUT2D eigenvalue weighted by atomic mass is 9.76. The molecule has 2 heteroatoms. The molecular formula is C16H27NO. The molecule has 0 aliphatic heterocycles. The Morgan fingerprint density at radius 2 is 1.72 bits per heavy atom. The van der Waals surface area contributed by atoms with Crippen LogP contribution in [0.25, 0.3) is 0 Å². The lowest BCUT2D eigenvalue weighted by Gasteiger charge is -2.32.